The molecule has 0 aliphatic carbocycles. The molecule has 0 radical (unpaired) electrons. The molecule has 1 aromatic carbocycles. The first-order valence-electron chi connectivity index (χ1n) is 24.8. The number of halogens is 3. The summed E-state index contributed by atoms with van der Waals surface area (Å²) in [7, 11) is 2.83. The third kappa shape index (κ3) is 18.9. The lowest BCUT2D eigenvalue weighted by atomic mass is 10.1. The number of alkyl halides is 3. The number of H-pyrrole nitrogens is 1. The Hall–Kier alpha value is -5.45. The van der Waals surface area contributed by atoms with Crippen LogP contribution in [-0.2, 0) is 44.3 Å². The molecule has 1 aliphatic rings. The highest BCUT2D eigenvalue weighted by Crippen LogP contribution is 2.48. The second kappa shape index (κ2) is 29.3. The second-order valence-corrected chi connectivity index (χ2v) is 23.8. The fraction of sp³-hybridized carbons (Fsp3) is 0.612. The highest BCUT2D eigenvalue weighted by atomic mass is 33.1. The van der Waals surface area contributed by atoms with Crippen molar-refractivity contribution in [1.29, 1.82) is 0 Å². The quantitative estimate of drug-likeness (QED) is 0.0185. The number of nitrogens with zero attached hydrogens (tertiary/aromatic N) is 7. The maximum absolute atomic E-state index is 13.9. The number of methoxy groups -OCH3 is 1. The average Bonchev–Trinajstić information content (AvgIpc) is 3.78. The van der Waals surface area contributed by atoms with E-state index in [4.69, 9.17) is 20.4 Å². The lowest BCUT2D eigenvalue weighted by Crippen LogP contribution is -2.42. The van der Waals surface area contributed by atoms with Crippen molar-refractivity contribution in [1.82, 2.24) is 40.1 Å². The van der Waals surface area contributed by atoms with Crippen LogP contribution in [0.4, 0.5) is 24.8 Å². The van der Waals surface area contributed by atoms with Gasteiger partial charge in [0.1, 0.15) is 12.6 Å². The zero-order valence-corrected chi connectivity index (χ0v) is 47.0. The number of amides is 5. The summed E-state index contributed by atoms with van der Waals surface area (Å²) in [6.45, 7) is 25.4. The van der Waals surface area contributed by atoms with Gasteiger partial charge in [-0.05, 0) is 91.5 Å². The molecule has 0 saturated carbocycles. The number of likely N-dealkylation sites (tertiary alicyclic amines) is 1. The maximum Gasteiger partial charge on any atom is 0.471 e. The molecule has 21 nitrogen and oxygen atoms in total. The number of carbonyl (C=O) groups excluding carboxylic acids is 6. The number of hydrogen-bond acceptors (Lipinski definition) is 16. The van der Waals surface area contributed by atoms with Crippen LogP contribution in [0.5, 0.6) is 0 Å². The number of rotatable bonds is 28. The number of carbonyl (C=O) groups is 6. The Morgan fingerprint density at radius 2 is 1.71 bits per heavy atom. The van der Waals surface area contributed by atoms with Crippen molar-refractivity contribution >= 4 is 88.4 Å². The minimum absolute atomic E-state index is 0.0455. The number of aromatic amines is 1. The highest BCUT2D eigenvalue weighted by Gasteiger charge is 2.44. The molecule has 76 heavy (non-hydrogen) atoms. The van der Waals surface area contributed by atoms with E-state index in [0.717, 1.165) is 44.0 Å². The average molecular weight is 1120 g/mol. The minimum Gasteiger partial charge on any atom is -0.467 e. The molecule has 1 unspecified atom stereocenters. The monoisotopic (exact) mass is 1120 g/mol. The summed E-state index contributed by atoms with van der Waals surface area (Å²) in [5.74, 6) is -4.83. The van der Waals surface area contributed by atoms with Crippen molar-refractivity contribution < 1.29 is 55.7 Å². The van der Waals surface area contributed by atoms with Gasteiger partial charge < -0.3 is 34.2 Å². The zero-order valence-electron chi connectivity index (χ0n) is 44.4. The van der Waals surface area contributed by atoms with Crippen LogP contribution in [-0.4, -0.2) is 145 Å². The molecule has 1 saturated heterocycles. The molecule has 1 fully saturated rings. The standard InChI is InChI=1S/C49H69F3N11O10PS2/c1-12-34-25-36(73-74(72-23-21-53-10)63(30(4)5)31(6)7)28-61(34)39(65)19-20-48(8,9)76-75-24-22-54-38(64)18-17-37(45(69)71-11)57-43(67)32-13-15-35(16-14-32)62(46(70)49(50,51)52)27-33-26-55-41-40(56-33)44(68)60-47(58-41)59-42(66)29(2)3/h13-16,26,29-31,34,36-37H,12,17-25,27-28H2,1-9,11H3,(H,54,64)(H,57,67)(H2,55,58,59,60,66,68)/t34-,36-,37+,74?/m1/s1. The van der Waals surface area contributed by atoms with Crippen LogP contribution in [0.1, 0.15) is 117 Å². The molecule has 4 atom stereocenters. The third-order valence-electron chi connectivity index (χ3n) is 11.7. The van der Waals surface area contributed by atoms with E-state index in [9.17, 15) is 46.7 Å². The van der Waals surface area contributed by atoms with Crippen LogP contribution in [0.15, 0.2) is 35.3 Å². The maximum atomic E-state index is 13.9. The SMILES string of the molecule is [C-]#[N+]CCOP(O[C@@H]1C[C@@H](CC)N(C(=O)CCC(C)(C)SSCCNC(=O)CC[C@H](NC(=O)c2ccc(N(Cc3cnc4nc(NC(=O)C(C)C)[nH]c(=O)c4n3)C(=O)C(F)(F)F)cc2)C(=O)OC)C1)N(C(C)C)C(C)C. The molecular formula is C49H69F3N11O10PS2. The van der Waals surface area contributed by atoms with Gasteiger partial charge in [0.05, 0.1) is 31.6 Å². The van der Waals surface area contributed by atoms with Crippen LogP contribution in [0.25, 0.3) is 16.0 Å². The summed E-state index contributed by atoms with van der Waals surface area (Å²) in [6.07, 6.45) is -2.35. The van der Waals surface area contributed by atoms with E-state index in [0.29, 0.717) is 43.0 Å². The summed E-state index contributed by atoms with van der Waals surface area (Å²) in [5.41, 5.74) is -2.05. The van der Waals surface area contributed by atoms with E-state index < -0.39 is 68.4 Å². The van der Waals surface area contributed by atoms with E-state index in [1.165, 1.54) is 0 Å². The van der Waals surface area contributed by atoms with Crippen molar-refractivity contribution in [3.05, 3.63) is 63.5 Å². The summed E-state index contributed by atoms with van der Waals surface area (Å²) in [5, 5.41) is 7.71. The van der Waals surface area contributed by atoms with E-state index in [2.05, 4.69) is 93.9 Å². The largest absolute Gasteiger partial charge is 0.471 e. The Bertz CT molecular complexity index is 2580. The lowest BCUT2D eigenvalue weighted by Gasteiger charge is -2.36. The van der Waals surface area contributed by atoms with E-state index in [-0.39, 0.29) is 94.9 Å². The minimum atomic E-state index is -5.34. The molecule has 27 heteroatoms. The predicted molar refractivity (Wildman–Crippen MR) is 286 cm³/mol. The number of nitrogens with one attached hydrogen (secondary N) is 4. The predicted octanol–water partition coefficient (Wildman–Crippen LogP) is 7.19. The van der Waals surface area contributed by atoms with Gasteiger partial charge in [-0.15, -0.1) is 0 Å². The van der Waals surface area contributed by atoms with Gasteiger partial charge in [-0.25, -0.2) is 26.0 Å². The molecule has 4 N–H and O–H groups in total. The van der Waals surface area contributed by atoms with Crippen LogP contribution < -0.4 is 26.4 Å². The fourth-order valence-electron chi connectivity index (χ4n) is 7.82. The Balaban J connectivity index is 1.26. The van der Waals surface area contributed by atoms with Crippen LogP contribution in [0, 0.1) is 12.5 Å². The van der Waals surface area contributed by atoms with Crippen molar-refractivity contribution in [2.45, 2.75) is 149 Å². The van der Waals surface area contributed by atoms with Gasteiger partial charge in [-0.3, -0.25) is 44.0 Å². The van der Waals surface area contributed by atoms with Gasteiger partial charge in [0.2, 0.25) is 30.2 Å². The Morgan fingerprint density at radius 3 is 2.32 bits per heavy atom. The molecule has 418 valence electrons. The molecule has 5 amide bonds. The molecule has 4 rings (SSSR count). The van der Waals surface area contributed by atoms with Gasteiger partial charge in [0.15, 0.2) is 11.2 Å². The Morgan fingerprint density at radius 1 is 1.03 bits per heavy atom. The van der Waals surface area contributed by atoms with Crippen molar-refractivity contribution in [3.63, 3.8) is 0 Å². The molecule has 1 aliphatic heterocycles. The second-order valence-electron chi connectivity index (χ2n) is 19.2. The topological polar surface area (TPSA) is 252 Å². The molecule has 3 aromatic rings. The molecule has 0 bridgehead atoms. The first-order valence-corrected chi connectivity index (χ1v) is 28.3. The van der Waals surface area contributed by atoms with Gasteiger partial charge in [-0.2, -0.15) is 18.2 Å². The van der Waals surface area contributed by atoms with Crippen molar-refractivity contribution in [3.8, 4) is 0 Å². The normalized spacial score (nSPS) is 15.7. The lowest BCUT2D eigenvalue weighted by molar-refractivity contribution is -0.170. The Labute approximate surface area is 449 Å². The molecular weight excluding hydrogens is 1050 g/mol. The smallest absolute Gasteiger partial charge is 0.467 e. The number of ether oxygens (including phenoxy) is 1. The highest BCUT2D eigenvalue weighted by molar-refractivity contribution is 8.77. The van der Waals surface area contributed by atoms with Crippen molar-refractivity contribution in [2.24, 2.45) is 5.92 Å². The first kappa shape index (κ1) is 63.1. The summed E-state index contributed by atoms with van der Waals surface area (Å²) >= 11 is 0. The molecule has 2 aromatic heterocycles. The van der Waals surface area contributed by atoms with E-state index in [1.807, 2.05) is 4.90 Å². The van der Waals surface area contributed by atoms with E-state index >= 15 is 0 Å². The van der Waals surface area contributed by atoms with Gasteiger partial charge in [0.25, 0.3) is 20.0 Å². The number of benzene rings is 1. The van der Waals surface area contributed by atoms with Gasteiger partial charge >= 0.3 is 18.1 Å². The van der Waals surface area contributed by atoms with Crippen molar-refractivity contribution in [2.75, 3.05) is 49.3 Å². The fourth-order valence-corrected chi connectivity index (χ4v) is 12.0. The molecule has 0 spiro atoms. The molecule has 3 heterocycles. The van der Waals surface area contributed by atoms with Crippen LogP contribution in [0.3, 0.4) is 0 Å². The van der Waals surface area contributed by atoms with E-state index in [1.54, 1.807) is 35.4 Å². The summed E-state index contributed by atoms with van der Waals surface area (Å²) in [6, 6.07) is 3.52. The van der Waals surface area contributed by atoms with Crippen LogP contribution >= 0.6 is 30.1 Å². The van der Waals surface area contributed by atoms with Gasteiger partial charge in [-0.1, -0.05) is 42.4 Å². The summed E-state index contributed by atoms with van der Waals surface area (Å²) in [4.78, 5) is 110. The van der Waals surface area contributed by atoms with Crippen LogP contribution in [0.2, 0.25) is 0 Å². The van der Waals surface area contributed by atoms with Gasteiger partial charge in [0, 0.05) is 71.7 Å². The number of hydrogen-bond donors (Lipinski definition) is 4. The first-order chi connectivity index (χ1) is 35.8. The number of anilines is 2. The summed E-state index contributed by atoms with van der Waals surface area (Å²) < 4.78 is 61.0. The third-order valence-corrected chi connectivity index (χ3v) is 17.3. The number of esters is 1. The number of aromatic nitrogens is 4. The Kier molecular flexibility index (Phi) is 24.4. The zero-order chi connectivity index (χ0) is 56.5. The number of fused-ring (bicyclic) bond motifs is 1.